The van der Waals surface area contributed by atoms with Crippen LogP contribution in [-0.2, 0) is 9.53 Å². The summed E-state index contributed by atoms with van der Waals surface area (Å²) >= 11 is 1.63. The lowest BCUT2D eigenvalue weighted by Gasteiger charge is -2.25. The first-order chi connectivity index (χ1) is 9.58. The zero-order valence-corrected chi connectivity index (χ0v) is 12.1. The topological polar surface area (TPSA) is 49.8 Å². The first kappa shape index (κ1) is 15.3. The molecule has 1 N–H and O–H groups in total. The van der Waals surface area contributed by atoms with Crippen LogP contribution in [0.4, 0.5) is 4.39 Å². The number of hydrogen-bond donors (Lipinski definition) is 1. The number of carboxylic acids is 1. The molecular formula is C14H18FNO3S. The third-order valence-corrected chi connectivity index (χ3v) is 4.45. The molecule has 6 heteroatoms. The standard InChI is InChI=1S/C14H18FNO3S/c1-16(13-9-19-8-12(13)14(17)18)6-7-20-11-4-2-10(15)3-5-11/h2-5,12-13H,6-9H2,1H3,(H,17,18). The van der Waals surface area contributed by atoms with E-state index < -0.39 is 11.9 Å². The molecule has 0 radical (unpaired) electrons. The van der Waals surface area contributed by atoms with Gasteiger partial charge in [-0.2, -0.15) is 0 Å². The Morgan fingerprint density at radius 1 is 1.45 bits per heavy atom. The monoisotopic (exact) mass is 299 g/mol. The normalized spacial score (nSPS) is 22.4. The van der Waals surface area contributed by atoms with Crippen LogP contribution in [0.2, 0.25) is 0 Å². The fourth-order valence-corrected chi connectivity index (χ4v) is 3.16. The molecule has 0 aliphatic carbocycles. The van der Waals surface area contributed by atoms with E-state index in [2.05, 4.69) is 0 Å². The quantitative estimate of drug-likeness (QED) is 0.814. The lowest BCUT2D eigenvalue weighted by molar-refractivity contribution is -0.143. The van der Waals surface area contributed by atoms with Crippen LogP contribution in [0, 0.1) is 11.7 Å². The second-order valence-corrected chi connectivity index (χ2v) is 6.00. The lowest BCUT2D eigenvalue weighted by Crippen LogP contribution is -2.41. The van der Waals surface area contributed by atoms with Gasteiger partial charge in [-0.1, -0.05) is 0 Å². The minimum Gasteiger partial charge on any atom is -0.481 e. The molecule has 0 amide bonds. The molecule has 1 aliphatic rings. The van der Waals surface area contributed by atoms with E-state index in [1.54, 1.807) is 23.9 Å². The summed E-state index contributed by atoms with van der Waals surface area (Å²) in [4.78, 5) is 14.1. The summed E-state index contributed by atoms with van der Waals surface area (Å²) in [6, 6.07) is 6.31. The first-order valence-electron chi connectivity index (χ1n) is 6.47. The molecule has 0 bridgehead atoms. The Morgan fingerprint density at radius 3 is 2.80 bits per heavy atom. The molecule has 1 aromatic rings. The fraction of sp³-hybridized carbons (Fsp3) is 0.500. The van der Waals surface area contributed by atoms with Crippen LogP contribution in [0.1, 0.15) is 0 Å². The number of likely N-dealkylation sites (N-methyl/N-ethyl adjacent to an activating group) is 1. The molecule has 20 heavy (non-hydrogen) atoms. The highest BCUT2D eigenvalue weighted by Gasteiger charge is 2.36. The largest absolute Gasteiger partial charge is 0.481 e. The number of aliphatic carboxylic acids is 1. The summed E-state index contributed by atoms with van der Waals surface area (Å²) in [6.45, 7) is 1.52. The van der Waals surface area contributed by atoms with Gasteiger partial charge in [-0.15, -0.1) is 11.8 Å². The van der Waals surface area contributed by atoms with Gasteiger partial charge < -0.3 is 9.84 Å². The third kappa shape index (κ3) is 3.94. The van der Waals surface area contributed by atoms with Crippen molar-refractivity contribution in [3.63, 3.8) is 0 Å². The molecular weight excluding hydrogens is 281 g/mol. The van der Waals surface area contributed by atoms with E-state index in [0.29, 0.717) is 6.61 Å². The predicted octanol–water partition coefficient (Wildman–Crippen LogP) is 1.95. The molecule has 0 saturated carbocycles. The van der Waals surface area contributed by atoms with Crippen LogP contribution in [-0.4, -0.2) is 54.6 Å². The molecule has 1 aliphatic heterocycles. The van der Waals surface area contributed by atoms with Gasteiger partial charge in [0.15, 0.2) is 0 Å². The molecule has 1 aromatic carbocycles. The maximum absolute atomic E-state index is 12.8. The van der Waals surface area contributed by atoms with Gasteiger partial charge in [0.05, 0.1) is 19.1 Å². The molecule has 2 atom stereocenters. The van der Waals surface area contributed by atoms with Gasteiger partial charge in [0, 0.05) is 23.2 Å². The Labute approximate surface area is 121 Å². The minimum absolute atomic E-state index is 0.0682. The molecule has 1 saturated heterocycles. The van der Waals surface area contributed by atoms with Crippen LogP contribution in [0.3, 0.4) is 0 Å². The van der Waals surface area contributed by atoms with Gasteiger partial charge in [-0.05, 0) is 31.3 Å². The maximum atomic E-state index is 12.8. The Balaban J connectivity index is 1.78. The fourth-order valence-electron chi connectivity index (χ4n) is 2.22. The third-order valence-electron chi connectivity index (χ3n) is 3.46. The number of thioether (sulfide) groups is 1. The average Bonchev–Trinajstić information content (AvgIpc) is 2.90. The van der Waals surface area contributed by atoms with E-state index in [-0.39, 0.29) is 18.5 Å². The Kier molecular flexibility index (Phi) is 5.39. The van der Waals surface area contributed by atoms with Crippen LogP contribution in [0.5, 0.6) is 0 Å². The SMILES string of the molecule is CN(CCSc1ccc(F)cc1)C1COCC1C(=O)O. The molecule has 2 rings (SSSR count). The van der Waals surface area contributed by atoms with E-state index in [1.807, 2.05) is 11.9 Å². The van der Waals surface area contributed by atoms with E-state index in [9.17, 15) is 9.18 Å². The maximum Gasteiger partial charge on any atom is 0.310 e. The van der Waals surface area contributed by atoms with Gasteiger partial charge in [-0.25, -0.2) is 4.39 Å². The highest BCUT2D eigenvalue weighted by atomic mass is 32.2. The highest BCUT2D eigenvalue weighted by molar-refractivity contribution is 7.99. The van der Waals surface area contributed by atoms with Gasteiger partial charge >= 0.3 is 5.97 Å². The zero-order valence-electron chi connectivity index (χ0n) is 11.3. The summed E-state index contributed by atoms with van der Waals surface area (Å²) in [6.07, 6.45) is 0. The van der Waals surface area contributed by atoms with E-state index in [1.165, 1.54) is 12.1 Å². The van der Waals surface area contributed by atoms with Crippen molar-refractivity contribution < 1.29 is 19.0 Å². The van der Waals surface area contributed by atoms with Gasteiger partial charge in [0.2, 0.25) is 0 Å². The van der Waals surface area contributed by atoms with Gasteiger partial charge in [0.1, 0.15) is 5.82 Å². The van der Waals surface area contributed by atoms with Crippen LogP contribution < -0.4 is 0 Å². The number of halogens is 1. The van der Waals surface area contributed by atoms with Crippen molar-refractivity contribution in [2.45, 2.75) is 10.9 Å². The van der Waals surface area contributed by atoms with Crippen LogP contribution >= 0.6 is 11.8 Å². The number of rotatable bonds is 6. The average molecular weight is 299 g/mol. The lowest BCUT2D eigenvalue weighted by atomic mass is 10.0. The van der Waals surface area contributed by atoms with Crippen molar-refractivity contribution in [1.29, 1.82) is 0 Å². The van der Waals surface area contributed by atoms with Crippen molar-refractivity contribution in [3.8, 4) is 0 Å². The number of hydrogen-bond acceptors (Lipinski definition) is 4. The van der Waals surface area contributed by atoms with Crippen molar-refractivity contribution in [2.24, 2.45) is 5.92 Å². The molecule has 1 heterocycles. The number of carbonyl (C=O) groups is 1. The number of nitrogens with zero attached hydrogens (tertiary/aromatic N) is 1. The highest BCUT2D eigenvalue weighted by Crippen LogP contribution is 2.21. The van der Waals surface area contributed by atoms with Crippen LogP contribution in [0.15, 0.2) is 29.2 Å². The number of ether oxygens (including phenoxy) is 1. The summed E-state index contributed by atoms with van der Waals surface area (Å²) < 4.78 is 18.0. The molecule has 4 nitrogen and oxygen atoms in total. The van der Waals surface area contributed by atoms with E-state index >= 15 is 0 Å². The van der Waals surface area contributed by atoms with Crippen molar-refractivity contribution in [1.82, 2.24) is 4.90 Å². The van der Waals surface area contributed by atoms with Crippen molar-refractivity contribution in [2.75, 3.05) is 32.6 Å². The predicted molar refractivity (Wildman–Crippen MR) is 75.5 cm³/mol. The van der Waals surface area contributed by atoms with E-state index in [0.717, 1.165) is 17.2 Å². The first-order valence-corrected chi connectivity index (χ1v) is 7.45. The molecule has 110 valence electrons. The summed E-state index contributed by atoms with van der Waals surface area (Å²) in [7, 11) is 1.92. The summed E-state index contributed by atoms with van der Waals surface area (Å²) in [5.41, 5.74) is 0. The molecule has 0 aromatic heterocycles. The smallest absolute Gasteiger partial charge is 0.310 e. The van der Waals surface area contributed by atoms with E-state index in [4.69, 9.17) is 9.84 Å². The second-order valence-electron chi connectivity index (χ2n) is 4.83. The Hall–Kier alpha value is -1.11. The summed E-state index contributed by atoms with van der Waals surface area (Å²) in [5, 5.41) is 9.11. The van der Waals surface area contributed by atoms with Crippen molar-refractivity contribution in [3.05, 3.63) is 30.1 Å². The second kappa shape index (κ2) is 7.06. The number of carboxylic acid groups (broad SMARTS) is 1. The van der Waals surface area contributed by atoms with Gasteiger partial charge in [0.25, 0.3) is 0 Å². The Morgan fingerprint density at radius 2 is 2.15 bits per heavy atom. The van der Waals surface area contributed by atoms with Crippen molar-refractivity contribution >= 4 is 17.7 Å². The minimum atomic E-state index is -0.800. The summed E-state index contributed by atoms with van der Waals surface area (Å²) in [5.74, 6) is -0.662. The molecule has 0 spiro atoms. The zero-order chi connectivity index (χ0) is 14.5. The molecule has 2 unspecified atom stereocenters. The Bertz CT molecular complexity index is 454. The number of benzene rings is 1. The molecule has 1 fully saturated rings. The van der Waals surface area contributed by atoms with Gasteiger partial charge in [-0.3, -0.25) is 9.69 Å². The van der Waals surface area contributed by atoms with Crippen LogP contribution in [0.25, 0.3) is 0 Å².